The van der Waals surface area contributed by atoms with Crippen LogP contribution in [0.3, 0.4) is 0 Å². The van der Waals surface area contributed by atoms with Gasteiger partial charge in [0.05, 0.1) is 18.9 Å². The fraction of sp³-hybridized carbons (Fsp3) is 0.615. The van der Waals surface area contributed by atoms with Crippen molar-refractivity contribution in [1.29, 1.82) is 0 Å². The summed E-state index contributed by atoms with van der Waals surface area (Å²) in [6.45, 7) is 2.70. The van der Waals surface area contributed by atoms with Crippen molar-refractivity contribution in [2.75, 3.05) is 18.1 Å². The lowest BCUT2D eigenvalue weighted by Crippen LogP contribution is -2.68. The third kappa shape index (κ3) is 2.30. The van der Waals surface area contributed by atoms with Gasteiger partial charge in [-0.3, -0.25) is 14.8 Å². The molecule has 3 rings (SSSR count). The summed E-state index contributed by atoms with van der Waals surface area (Å²) < 4.78 is 5.79. The van der Waals surface area contributed by atoms with Crippen molar-refractivity contribution < 1.29 is 20.1 Å². The standard InChI is InChI=1S/C13H18N4O6/c1-5-13(2)17(3-6(19)9(23-13)7(20)4-18)10-8(14-5)11(21)16-12(22)15-10/h6-7,9,18-20H,3-4H2,1-2H3,(H2,15,16,21,22)/t6-,7+,9-,13-/m0/s1. The van der Waals surface area contributed by atoms with E-state index in [1.54, 1.807) is 13.8 Å². The van der Waals surface area contributed by atoms with Crippen molar-refractivity contribution >= 4 is 17.2 Å². The molecule has 10 nitrogen and oxygen atoms in total. The Morgan fingerprint density at radius 2 is 2.17 bits per heavy atom. The van der Waals surface area contributed by atoms with Crippen LogP contribution >= 0.6 is 0 Å². The van der Waals surface area contributed by atoms with E-state index >= 15 is 0 Å². The van der Waals surface area contributed by atoms with Crippen LogP contribution in [0, 0.1) is 0 Å². The molecule has 23 heavy (non-hydrogen) atoms. The Labute approximate surface area is 130 Å². The number of aliphatic hydroxyl groups is 3. The molecule has 10 heteroatoms. The highest BCUT2D eigenvalue weighted by molar-refractivity contribution is 5.98. The summed E-state index contributed by atoms with van der Waals surface area (Å²) in [6, 6.07) is 0. The van der Waals surface area contributed by atoms with Gasteiger partial charge in [-0.2, -0.15) is 0 Å². The topological polar surface area (TPSA) is 151 Å². The van der Waals surface area contributed by atoms with E-state index in [4.69, 9.17) is 9.84 Å². The van der Waals surface area contributed by atoms with Crippen LogP contribution in [0.4, 0.5) is 11.5 Å². The van der Waals surface area contributed by atoms with Crippen molar-refractivity contribution in [3.05, 3.63) is 20.8 Å². The van der Waals surface area contributed by atoms with Crippen molar-refractivity contribution in [3.63, 3.8) is 0 Å². The van der Waals surface area contributed by atoms with Crippen molar-refractivity contribution in [2.45, 2.75) is 37.9 Å². The maximum absolute atomic E-state index is 11.9. The van der Waals surface area contributed by atoms with Gasteiger partial charge in [0.2, 0.25) is 0 Å². The number of nitrogens with one attached hydrogen (secondary N) is 2. The second-order valence-corrected chi connectivity index (χ2v) is 5.80. The highest BCUT2D eigenvalue weighted by atomic mass is 16.6. The monoisotopic (exact) mass is 326 g/mol. The number of fused-ring (bicyclic) bond motifs is 3. The first-order valence-corrected chi connectivity index (χ1v) is 7.12. The first-order chi connectivity index (χ1) is 10.8. The number of aromatic amines is 2. The summed E-state index contributed by atoms with van der Waals surface area (Å²) in [5.41, 5.74) is -2.07. The minimum Gasteiger partial charge on any atom is -0.394 e. The van der Waals surface area contributed by atoms with E-state index in [1.807, 2.05) is 0 Å². The Balaban J connectivity index is 2.12. The van der Waals surface area contributed by atoms with Crippen LogP contribution in [0.2, 0.25) is 0 Å². The van der Waals surface area contributed by atoms with Crippen LogP contribution in [0.25, 0.3) is 0 Å². The molecule has 0 bridgehead atoms. The molecule has 0 amide bonds. The first kappa shape index (κ1) is 15.9. The van der Waals surface area contributed by atoms with Crippen molar-refractivity contribution in [1.82, 2.24) is 9.97 Å². The average Bonchev–Trinajstić information content (AvgIpc) is 2.49. The minimum absolute atomic E-state index is 0.0164. The van der Waals surface area contributed by atoms with E-state index in [2.05, 4.69) is 15.0 Å². The van der Waals surface area contributed by atoms with E-state index in [1.165, 1.54) is 4.90 Å². The second-order valence-electron chi connectivity index (χ2n) is 5.80. The number of nitrogens with zero attached hydrogens (tertiary/aromatic N) is 2. The van der Waals surface area contributed by atoms with Crippen LogP contribution in [0.15, 0.2) is 14.6 Å². The first-order valence-electron chi connectivity index (χ1n) is 7.12. The summed E-state index contributed by atoms with van der Waals surface area (Å²) in [4.78, 5) is 33.8. The molecule has 5 N–H and O–H groups in total. The molecule has 3 heterocycles. The number of H-pyrrole nitrogens is 2. The van der Waals surface area contributed by atoms with E-state index in [0.29, 0.717) is 5.71 Å². The van der Waals surface area contributed by atoms with Gasteiger partial charge in [0.15, 0.2) is 11.4 Å². The largest absolute Gasteiger partial charge is 0.394 e. The van der Waals surface area contributed by atoms with Crippen LogP contribution in [0.5, 0.6) is 0 Å². The molecule has 1 saturated heterocycles. The quantitative estimate of drug-likeness (QED) is 0.414. The molecular weight excluding hydrogens is 308 g/mol. The zero-order valence-corrected chi connectivity index (χ0v) is 12.6. The van der Waals surface area contributed by atoms with Gasteiger partial charge in [-0.15, -0.1) is 0 Å². The summed E-state index contributed by atoms with van der Waals surface area (Å²) in [5.74, 6) is 0.142. The molecule has 2 aliphatic heterocycles. The van der Waals surface area contributed by atoms with Gasteiger partial charge >= 0.3 is 5.69 Å². The Hall–Kier alpha value is -2.01. The number of aliphatic hydroxyl groups excluding tert-OH is 3. The minimum atomic E-state index is -1.27. The summed E-state index contributed by atoms with van der Waals surface area (Å²) in [6.07, 6.45) is -3.43. The number of anilines is 1. The molecule has 2 aliphatic rings. The molecule has 0 aromatic carbocycles. The number of hydrogen-bond acceptors (Lipinski definition) is 8. The fourth-order valence-corrected chi connectivity index (χ4v) is 2.93. The molecule has 1 fully saturated rings. The molecule has 0 unspecified atom stereocenters. The SMILES string of the molecule is CC1=Nc2c([nH]c(=O)[nH]c2=O)N2C[C@H](O)[C@@H]([C@H](O)CO)O[C@@]12C. The lowest BCUT2D eigenvalue weighted by molar-refractivity contribution is -0.173. The second kappa shape index (κ2) is 5.27. The summed E-state index contributed by atoms with van der Waals surface area (Å²) in [7, 11) is 0. The molecule has 4 atom stereocenters. The molecule has 0 aliphatic carbocycles. The molecule has 1 aromatic rings. The number of hydrogen-bond donors (Lipinski definition) is 5. The van der Waals surface area contributed by atoms with Gasteiger partial charge in [-0.1, -0.05) is 0 Å². The lowest BCUT2D eigenvalue weighted by atomic mass is 9.97. The van der Waals surface area contributed by atoms with Gasteiger partial charge in [-0.05, 0) is 13.8 Å². The van der Waals surface area contributed by atoms with Gasteiger partial charge in [0, 0.05) is 0 Å². The number of aromatic nitrogens is 2. The zero-order chi connectivity index (χ0) is 16.9. The molecule has 126 valence electrons. The third-order valence-corrected chi connectivity index (χ3v) is 4.31. The lowest BCUT2D eigenvalue weighted by Gasteiger charge is -2.52. The van der Waals surface area contributed by atoms with Gasteiger partial charge in [0.1, 0.15) is 24.1 Å². The Morgan fingerprint density at radius 3 is 2.83 bits per heavy atom. The van der Waals surface area contributed by atoms with Crippen LogP contribution in [-0.2, 0) is 4.74 Å². The number of rotatable bonds is 2. The predicted octanol–water partition coefficient (Wildman–Crippen LogP) is -2.20. The Morgan fingerprint density at radius 1 is 1.48 bits per heavy atom. The van der Waals surface area contributed by atoms with Crippen LogP contribution in [-0.4, -0.2) is 68.2 Å². The molecule has 0 radical (unpaired) electrons. The summed E-state index contributed by atoms with van der Waals surface area (Å²) >= 11 is 0. The van der Waals surface area contributed by atoms with E-state index in [0.717, 1.165) is 0 Å². The van der Waals surface area contributed by atoms with Gasteiger partial charge in [-0.25, -0.2) is 9.79 Å². The highest BCUT2D eigenvalue weighted by Crippen LogP contribution is 2.39. The van der Waals surface area contributed by atoms with E-state index in [9.17, 15) is 19.8 Å². The normalized spacial score (nSPS) is 31.2. The highest BCUT2D eigenvalue weighted by Gasteiger charge is 2.50. The molecular formula is C13H18N4O6. The van der Waals surface area contributed by atoms with Crippen molar-refractivity contribution in [2.24, 2.45) is 4.99 Å². The average molecular weight is 326 g/mol. The fourth-order valence-electron chi connectivity index (χ4n) is 2.93. The van der Waals surface area contributed by atoms with Crippen LogP contribution < -0.4 is 16.1 Å². The van der Waals surface area contributed by atoms with E-state index in [-0.39, 0.29) is 18.1 Å². The van der Waals surface area contributed by atoms with Crippen molar-refractivity contribution in [3.8, 4) is 0 Å². The predicted molar refractivity (Wildman–Crippen MR) is 80.2 cm³/mol. The molecule has 1 aromatic heterocycles. The maximum atomic E-state index is 11.9. The van der Waals surface area contributed by atoms with Gasteiger partial charge < -0.3 is 25.0 Å². The number of ether oxygens (including phenoxy) is 1. The van der Waals surface area contributed by atoms with Gasteiger partial charge in [0.25, 0.3) is 5.56 Å². The summed E-state index contributed by atoms with van der Waals surface area (Å²) in [5, 5.41) is 29.1. The molecule has 0 spiro atoms. The zero-order valence-electron chi connectivity index (χ0n) is 12.6. The maximum Gasteiger partial charge on any atom is 0.327 e. The Kier molecular flexibility index (Phi) is 3.64. The molecule has 0 saturated carbocycles. The van der Waals surface area contributed by atoms with Crippen LogP contribution in [0.1, 0.15) is 13.8 Å². The third-order valence-electron chi connectivity index (χ3n) is 4.31. The Bertz CT molecular complexity index is 770. The number of aliphatic imine (C=N–C) groups is 1. The van der Waals surface area contributed by atoms with E-state index < -0.39 is 41.9 Å². The smallest absolute Gasteiger partial charge is 0.327 e.